The van der Waals surface area contributed by atoms with E-state index in [0.29, 0.717) is 29.8 Å². The summed E-state index contributed by atoms with van der Waals surface area (Å²) >= 11 is 0. The number of nitrogens with two attached hydrogens (primary N) is 2. The zero-order valence-corrected chi connectivity index (χ0v) is 22.4. The molecule has 2 aromatic carbocycles. The van der Waals surface area contributed by atoms with Crippen molar-refractivity contribution in [2.45, 2.75) is 39.2 Å². The number of carbonyl (C=O) groups is 1. The number of methoxy groups -OCH3 is 1. The van der Waals surface area contributed by atoms with E-state index < -0.39 is 28.9 Å². The SMILES string of the molecule is CN=C(N)NCCC[C@H](N)C(=O)Oc1c(-c2ccc(OC)cc2)oc2c(CC=C(C)C)c(O)cc(O)c2c1=O. The lowest BCUT2D eigenvalue weighted by atomic mass is 10.0. The predicted molar refractivity (Wildman–Crippen MR) is 149 cm³/mol. The molecule has 0 bridgehead atoms. The number of guanidine groups is 1. The Labute approximate surface area is 225 Å². The first-order chi connectivity index (χ1) is 18.6. The minimum Gasteiger partial charge on any atom is -0.507 e. The van der Waals surface area contributed by atoms with Crippen LogP contribution in [0, 0.1) is 0 Å². The first-order valence-electron chi connectivity index (χ1n) is 12.3. The average Bonchev–Trinajstić information content (AvgIpc) is 2.91. The number of ether oxygens (including phenoxy) is 2. The number of phenolic OH excluding ortho intramolecular Hbond substituents is 2. The van der Waals surface area contributed by atoms with Gasteiger partial charge < -0.3 is 40.9 Å². The fraction of sp³-hybridized carbons (Fsp3) is 0.321. The molecule has 0 saturated carbocycles. The second-order valence-electron chi connectivity index (χ2n) is 9.11. The molecule has 0 spiro atoms. The van der Waals surface area contributed by atoms with Crippen molar-refractivity contribution in [2.24, 2.45) is 16.5 Å². The van der Waals surface area contributed by atoms with Gasteiger partial charge in [-0.15, -0.1) is 0 Å². The van der Waals surface area contributed by atoms with Crippen LogP contribution in [0.15, 0.2) is 56.2 Å². The molecule has 0 unspecified atom stereocenters. The maximum Gasteiger partial charge on any atom is 0.328 e. The Bertz CT molecular complexity index is 1460. The summed E-state index contributed by atoms with van der Waals surface area (Å²) in [4.78, 5) is 30.4. The Kier molecular flexibility index (Phi) is 9.56. The normalized spacial score (nSPS) is 12.2. The molecule has 11 heteroatoms. The second-order valence-corrected chi connectivity index (χ2v) is 9.11. The van der Waals surface area contributed by atoms with Crippen molar-refractivity contribution in [3.63, 3.8) is 0 Å². The molecule has 0 aliphatic carbocycles. The maximum atomic E-state index is 13.7. The average molecular weight is 539 g/mol. The zero-order valence-electron chi connectivity index (χ0n) is 22.4. The van der Waals surface area contributed by atoms with Crippen LogP contribution in [-0.2, 0) is 11.2 Å². The van der Waals surface area contributed by atoms with Crippen molar-refractivity contribution in [3.8, 4) is 34.3 Å². The molecule has 3 aromatic rings. The second kappa shape index (κ2) is 12.8. The van der Waals surface area contributed by atoms with Crippen LogP contribution in [0.4, 0.5) is 0 Å². The first-order valence-corrected chi connectivity index (χ1v) is 12.3. The molecule has 1 aromatic heterocycles. The van der Waals surface area contributed by atoms with E-state index in [1.165, 1.54) is 7.11 Å². The molecule has 39 heavy (non-hydrogen) atoms. The Morgan fingerprint density at radius 3 is 2.51 bits per heavy atom. The van der Waals surface area contributed by atoms with Gasteiger partial charge in [0.15, 0.2) is 11.7 Å². The highest BCUT2D eigenvalue weighted by molar-refractivity contribution is 5.92. The number of nitrogens with zero attached hydrogens (tertiary/aromatic N) is 1. The number of hydrogen-bond acceptors (Lipinski definition) is 9. The highest BCUT2D eigenvalue weighted by Gasteiger charge is 2.27. The third-order valence-electron chi connectivity index (χ3n) is 5.99. The summed E-state index contributed by atoms with van der Waals surface area (Å²) in [5, 5.41) is 23.8. The van der Waals surface area contributed by atoms with Crippen LogP contribution in [0.3, 0.4) is 0 Å². The van der Waals surface area contributed by atoms with Crippen LogP contribution in [0.25, 0.3) is 22.3 Å². The summed E-state index contributed by atoms with van der Waals surface area (Å²) in [7, 11) is 3.06. The zero-order chi connectivity index (χ0) is 28.7. The molecular weight excluding hydrogens is 504 g/mol. The standard InChI is InChI=1S/C28H34N4O7/c1-15(2)7-12-18-20(33)14-21(34)22-23(35)26(39-27(36)19(29)6-5-13-32-28(30)31-3)24(38-25(18)22)16-8-10-17(37-4)11-9-16/h7-11,14,19,33-34H,5-6,12-13,29H2,1-4H3,(H3,30,31,32)/t19-/m0/s1. The van der Waals surface area contributed by atoms with Gasteiger partial charge in [-0.2, -0.15) is 0 Å². The molecule has 0 aliphatic rings. The van der Waals surface area contributed by atoms with Gasteiger partial charge in [-0.3, -0.25) is 9.79 Å². The number of benzene rings is 2. The molecule has 0 radical (unpaired) electrons. The maximum absolute atomic E-state index is 13.7. The van der Waals surface area contributed by atoms with E-state index in [0.717, 1.165) is 11.6 Å². The van der Waals surface area contributed by atoms with E-state index >= 15 is 0 Å². The molecule has 0 aliphatic heterocycles. The van der Waals surface area contributed by atoms with Gasteiger partial charge in [0.25, 0.3) is 0 Å². The highest BCUT2D eigenvalue weighted by Crippen LogP contribution is 2.39. The van der Waals surface area contributed by atoms with Gasteiger partial charge >= 0.3 is 5.97 Å². The number of phenols is 2. The van der Waals surface area contributed by atoms with Crippen molar-refractivity contribution in [1.82, 2.24) is 5.32 Å². The van der Waals surface area contributed by atoms with Crippen LogP contribution in [-0.4, -0.2) is 48.9 Å². The highest BCUT2D eigenvalue weighted by atomic mass is 16.5. The summed E-state index contributed by atoms with van der Waals surface area (Å²) in [6, 6.07) is 6.58. The number of aromatic hydroxyl groups is 2. The van der Waals surface area contributed by atoms with Crippen molar-refractivity contribution in [3.05, 3.63) is 57.8 Å². The van der Waals surface area contributed by atoms with Gasteiger partial charge in [-0.05, 0) is 57.4 Å². The summed E-state index contributed by atoms with van der Waals surface area (Å²) < 4.78 is 16.9. The number of nitrogens with one attached hydrogen (secondary N) is 1. The van der Waals surface area contributed by atoms with Gasteiger partial charge in [0.2, 0.25) is 11.2 Å². The number of rotatable bonds is 10. The first kappa shape index (κ1) is 29.1. The summed E-state index contributed by atoms with van der Waals surface area (Å²) in [6.45, 7) is 4.22. The third kappa shape index (κ3) is 6.88. The van der Waals surface area contributed by atoms with E-state index in [4.69, 9.17) is 25.4 Å². The van der Waals surface area contributed by atoms with Gasteiger partial charge in [0.1, 0.15) is 34.3 Å². The number of hydrogen-bond donors (Lipinski definition) is 5. The van der Waals surface area contributed by atoms with E-state index in [1.54, 1.807) is 31.3 Å². The van der Waals surface area contributed by atoms with Crippen LogP contribution in [0.5, 0.6) is 23.0 Å². The van der Waals surface area contributed by atoms with Crippen molar-refractivity contribution in [1.29, 1.82) is 0 Å². The topological polar surface area (TPSA) is 183 Å². The Morgan fingerprint density at radius 1 is 1.21 bits per heavy atom. The Balaban J connectivity index is 2.10. The fourth-order valence-electron chi connectivity index (χ4n) is 3.81. The van der Waals surface area contributed by atoms with E-state index in [9.17, 15) is 19.8 Å². The van der Waals surface area contributed by atoms with Gasteiger partial charge in [-0.25, -0.2) is 4.79 Å². The summed E-state index contributed by atoms with van der Waals surface area (Å²) in [6.07, 6.45) is 2.81. The van der Waals surface area contributed by atoms with E-state index in [-0.39, 0.29) is 41.3 Å². The molecule has 0 fully saturated rings. The van der Waals surface area contributed by atoms with E-state index in [2.05, 4.69) is 10.3 Å². The lowest BCUT2D eigenvalue weighted by Crippen LogP contribution is -2.37. The van der Waals surface area contributed by atoms with Crippen molar-refractivity contribution in [2.75, 3.05) is 20.7 Å². The van der Waals surface area contributed by atoms with Crippen LogP contribution < -0.4 is 31.7 Å². The van der Waals surface area contributed by atoms with Crippen molar-refractivity contribution < 1.29 is 28.9 Å². The molecule has 3 rings (SSSR count). The quantitative estimate of drug-likeness (QED) is 0.0846. The van der Waals surface area contributed by atoms with Gasteiger partial charge in [0.05, 0.1) is 7.11 Å². The Morgan fingerprint density at radius 2 is 1.90 bits per heavy atom. The number of allylic oxidation sites excluding steroid dienone is 2. The smallest absolute Gasteiger partial charge is 0.328 e. The predicted octanol–water partition coefficient (Wildman–Crippen LogP) is 2.94. The minimum atomic E-state index is -1.05. The molecule has 11 nitrogen and oxygen atoms in total. The van der Waals surface area contributed by atoms with Crippen LogP contribution in [0.2, 0.25) is 0 Å². The van der Waals surface area contributed by atoms with Gasteiger partial charge in [-0.1, -0.05) is 11.6 Å². The molecule has 0 amide bonds. The van der Waals surface area contributed by atoms with Crippen molar-refractivity contribution >= 4 is 22.9 Å². The number of aliphatic imine (C=N–C) groups is 1. The molecule has 1 atom stereocenters. The largest absolute Gasteiger partial charge is 0.507 e. The number of carbonyl (C=O) groups excluding carboxylic acids is 1. The number of esters is 1. The molecule has 0 saturated heterocycles. The lowest BCUT2D eigenvalue weighted by Gasteiger charge is -2.16. The van der Waals surface area contributed by atoms with Gasteiger partial charge in [0, 0.05) is 30.8 Å². The number of fused-ring (bicyclic) bond motifs is 1. The fourth-order valence-corrected chi connectivity index (χ4v) is 3.81. The Hall–Kier alpha value is -4.51. The van der Waals surface area contributed by atoms with Crippen LogP contribution >= 0.6 is 0 Å². The lowest BCUT2D eigenvalue weighted by molar-refractivity contribution is -0.136. The third-order valence-corrected chi connectivity index (χ3v) is 5.99. The minimum absolute atomic E-state index is 0.0221. The summed E-state index contributed by atoms with van der Waals surface area (Å²) in [5.41, 5.74) is 12.5. The van der Waals surface area contributed by atoms with E-state index in [1.807, 2.05) is 19.9 Å². The monoisotopic (exact) mass is 538 g/mol. The molecule has 7 N–H and O–H groups in total. The van der Waals surface area contributed by atoms with Crippen LogP contribution in [0.1, 0.15) is 32.3 Å². The summed E-state index contributed by atoms with van der Waals surface area (Å²) in [5.74, 6) is -1.27. The molecular formula is C28H34N4O7. The molecule has 1 heterocycles. The molecule has 208 valence electrons.